The Bertz CT molecular complexity index is 843. The van der Waals surface area contributed by atoms with Crippen LogP contribution in [0.15, 0.2) is 51.5 Å². The van der Waals surface area contributed by atoms with E-state index in [1.54, 1.807) is 11.4 Å². The first kappa shape index (κ1) is 14.8. The van der Waals surface area contributed by atoms with Crippen molar-refractivity contribution in [1.82, 2.24) is 9.97 Å². The van der Waals surface area contributed by atoms with Crippen molar-refractivity contribution in [3.8, 4) is 0 Å². The van der Waals surface area contributed by atoms with Crippen LogP contribution in [0.5, 0.6) is 0 Å². The smallest absolute Gasteiger partial charge is 0.316 e. The van der Waals surface area contributed by atoms with Crippen molar-refractivity contribution in [2.24, 2.45) is 0 Å². The number of fused-ring (bicyclic) bond motifs is 1. The van der Waals surface area contributed by atoms with Gasteiger partial charge in [-0.15, -0.1) is 23.1 Å². The molecule has 112 valence electrons. The molecule has 0 aliphatic heterocycles. The lowest BCUT2D eigenvalue weighted by atomic mass is 10.4. The summed E-state index contributed by atoms with van der Waals surface area (Å²) in [6, 6.07) is 11.4. The van der Waals surface area contributed by atoms with Crippen molar-refractivity contribution in [2.75, 3.05) is 5.75 Å². The zero-order chi connectivity index (χ0) is 15.4. The molecule has 1 N–H and O–H groups in total. The Kier molecular flexibility index (Phi) is 4.55. The molecular formula is C15H12N2O3S2. The standard InChI is InChI=1S/C15H12N2O3S2/c18-13(9-22-10-4-2-1-3-5-10)20-8-12-16-11-6-7-21-14(11)15(19)17-12/h1-7H,8-9H2,(H,16,17,19). The average molecular weight is 332 g/mol. The quantitative estimate of drug-likeness (QED) is 0.574. The van der Waals surface area contributed by atoms with Gasteiger partial charge < -0.3 is 9.72 Å². The number of thioether (sulfide) groups is 1. The van der Waals surface area contributed by atoms with Crippen LogP contribution in [0.2, 0.25) is 0 Å². The third-order valence-electron chi connectivity index (χ3n) is 2.83. The molecule has 22 heavy (non-hydrogen) atoms. The number of nitrogens with zero attached hydrogens (tertiary/aromatic N) is 1. The van der Waals surface area contributed by atoms with Gasteiger partial charge in [0.15, 0.2) is 0 Å². The summed E-state index contributed by atoms with van der Waals surface area (Å²) in [6.07, 6.45) is 0. The number of hydrogen-bond donors (Lipinski definition) is 1. The van der Waals surface area contributed by atoms with E-state index in [9.17, 15) is 9.59 Å². The van der Waals surface area contributed by atoms with Crippen LogP contribution in [0.4, 0.5) is 0 Å². The Morgan fingerprint density at radius 3 is 2.91 bits per heavy atom. The van der Waals surface area contributed by atoms with E-state index in [1.165, 1.54) is 23.1 Å². The van der Waals surface area contributed by atoms with Crippen molar-refractivity contribution in [1.29, 1.82) is 0 Å². The molecule has 0 radical (unpaired) electrons. The molecule has 1 aromatic carbocycles. The highest BCUT2D eigenvalue weighted by atomic mass is 32.2. The van der Waals surface area contributed by atoms with E-state index in [0.717, 1.165) is 4.90 Å². The fourth-order valence-corrected chi connectivity index (χ4v) is 3.28. The molecule has 0 spiro atoms. The fourth-order valence-electron chi connectivity index (χ4n) is 1.84. The molecule has 0 fully saturated rings. The first-order chi connectivity index (χ1) is 10.7. The third kappa shape index (κ3) is 3.55. The van der Waals surface area contributed by atoms with Crippen molar-refractivity contribution in [3.63, 3.8) is 0 Å². The van der Waals surface area contributed by atoms with Crippen LogP contribution in [-0.2, 0) is 16.1 Å². The Hall–Kier alpha value is -2.12. The summed E-state index contributed by atoms with van der Waals surface area (Å²) in [5.41, 5.74) is 0.420. The largest absolute Gasteiger partial charge is 0.457 e. The van der Waals surface area contributed by atoms with Crippen molar-refractivity contribution in [2.45, 2.75) is 11.5 Å². The van der Waals surface area contributed by atoms with E-state index >= 15 is 0 Å². The van der Waals surface area contributed by atoms with Crippen LogP contribution in [0.25, 0.3) is 10.2 Å². The Balaban J connectivity index is 1.57. The third-order valence-corrected chi connectivity index (χ3v) is 4.72. The maximum atomic E-state index is 11.8. The Morgan fingerprint density at radius 1 is 1.27 bits per heavy atom. The SMILES string of the molecule is O=C(CSc1ccccc1)OCc1nc2ccsc2c(=O)[nH]1. The maximum absolute atomic E-state index is 11.8. The molecule has 0 aliphatic carbocycles. The zero-order valence-corrected chi connectivity index (χ0v) is 13.1. The van der Waals surface area contributed by atoms with Gasteiger partial charge in [-0.3, -0.25) is 9.59 Å². The maximum Gasteiger partial charge on any atom is 0.316 e. The second kappa shape index (κ2) is 6.76. The predicted molar refractivity (Wildman–Crippen MR) is 87.2 cm³/mol. The number of nitrogens with one attached hydrogen (secondary N) is 1. The van der Waals surface area contributed by atoms with Gasteiger partial charge in [-0.2, -0.15) is 0 Å². The first-order valence-corrected chi connectivity index (χ1v) is 8.39. The topological polar surface area (TPSA) is 72.0 Å². The summed E-state index contributed by atoms with van der Waals surface area (Å²) in [5, 5.41) is 1.80. The fraction of sp³-hybridized carbons (Fsp3) is 0.133. The minimum absolute atomic E-state index is 0.0325. The van der Waals surface area contributed by atoms with E-state index in [0.29, 0.717) is 16.0 Å². The molecule has 0 amide bonds. The normalized spacial score (nSPS) is 10.7. The van der Waals surface area contributed by atoms with Gasteiger partial charge in [-0.05, 0) is 23.6 Å². The number of carbonyl (C=O) groups excluding carboxylic acids is 1. The molecule has 0 saturated heterocycles. The summed E-state index contributed by atoms with van der Waals surface area (Å²) in [6.45, 7) is -0.0325. The number of aromatic nitrogens is 2. The lowest BCUT2D eigenvalue weighted by molar-refractivity contribution is -0.141. The van der Waals surface area contributed by atoms with Crippen LogP contribution in [0, 0.1) is 0 Å². The van der Waals surface area contributed by atoms with Gasteiger partial charge in [-0.1, -0.05) is 18.2 Å². The first-order valence-electron chi connectivity index (χ1n) is 6.52. The van der Waals surface area contributed by atoms with E-state index in [-0.39, 0.29) is 23.9 Å². The average Bonchev–Trinajstić information content (AvgIpc) is 3.01. The number of esters is 1. The second-order valence-corrected chi connectivity index (χ2v) is 6.37. The predicted octanol–water partition coefficient (Wildman–Crippen LogP) is 2.82. The van der Waals surface area contributed by atoms with E-state index in [1.807, 2.05) is 30.3 Å². The number of benzene rings is 1. The van der Waals surface area contributed by atoms with E-state index < -0.39 is 0 Å². The minimum atomic E-state index is -0.345. The van der Waals surface area contributed by atoms with Gasteiger partial charge in [0.05, 0.1) is 11.3 Å². The Labute approximate surface area is 134 Å². The number of rotatable bonds is 5. The number of thiophene rings is 1. The van der Waals surface area contributed by atoms with Crippen LogP contribution in [-0.4, -0.2) is 21.7 Å². The second-order valence-electron chi connectivity index (χ2n) is 4.41. The van der Waals surface area contributed by atoms with Gasteiger partial charge in [0.2, 0.25) is 0 Å². The minimum Gasteiger partial charge on any atom is -0.457 e. The van der Waals surface area contributed by atoms with Crippen LogP contribution < -0.4 is 5.56 Å². The summed E-state index contributed by atoms with van der Waals surface area (Å²) in [4.78, 5) is 31.4. The monoisotopic (exact) mass is 332 g/mol. The lowest BCUT2D eigenvalue weighted by Gasteiger charge is -2.04. The molecule has 0 unspecified atom stereocenters. The lowest BCUT2D eigenvalue weighted by Crippen LogP contribution is -2.14. The molecule has 0 atom stereocenters. The molecule has 5 nitrogen and oxygen atoms in total. The van der Waals surface area contributed by atoms with Crippen molar-refractivity contribution >= 4 is 39.3 Å². The van der Waals surface area contributed by atoms with Crippen LogP contribution >= 0.6 is 23.1 Å². The summed E-state index contributed by atoms with van der Waals surface area (Å²) in [5.74, 6) is 0.227. The van der Waals surface area contributed by atoms with Gasteiger partial charge in [-0.25, -0.2) is 4.98 Å². The van der Waals surface area contributed by atoms with Gasteiger partial charge >= 0.3 is 5.97 Å². The number of hydrogen-bond acceptors (Lipinski definition) is 6. The van der Waals surface area contributed by atoms with Gasteiger partial charge in [0.1, 0.15) is 17.1 Å². The number of H-pyrrole nitrogens is 1. The number of carbonyl (C=O) groups is 1. The molecule has 0 aliphatic rings. The number of ether oxygens (including phenoxy) is 1. The molecule has 3 aromatic rings. The molecule has 7 heteroatoms. The molecule has 2 heterocycles. The van der Waals surface area contributed by atoms with Crippen LogP contribution in [0.3, 0.4) is 0 Å². The molecule has 3 rings (SSSR count). The molecular weight excluding hydrogens is 320 g/mol. The Morgan fingerprint density at radius 2 is 2.09 bits per heavy atom. The molecule has 2 aromatic heterocycles. The molecule has 0 bridgehead atoms. The highest BCUT2D eigenvalue weighted by Gasteiger charge is 2.08. The van der Waals surface area contributed by atoms with E-state index in [4.69, 9.17) is 4.74 Å². The van der Waals surface area contributed by atoms with Gasteiger partial charge in [0.25, 0.3) is 5.56 Å². The highest BCUT2D eigenvalue weighted by Crippen LogP contribution is 2.17. The zero-order valence-electron chi connectivity index (χ0n) is 11.4. The van der Waals surface area contributed by atoms with Crippen molar-refractivity contribution < 1.29 is 9.53 Å². The highest BCUT2D eigenvalue weighted by molar-refractivity contribution is 8.00. The van der Waals surface area contributed by atoms with E-state index in [2.05, 4.69) is 9.97 Å². The van der Waals surface area contributed by atoms with Crippen molar-refractivity contribution in [3.05, 3.63) is 58.0 Å². The molecule has 0 saturated carbocycles. The van der Waals surface area contributed by atoms with Crippen LogP contribution in [0.1, 0.15) is 5.82 Å². The van der Waals surface area contributed by atoms with Gasteiger partial charge in [0, 0.05) is 4.90 Å². The summed E-state index contributed by atoms with van der Waals surface area (Å²) >= 11 is 2.74. The summed E-state index contributed by atoms with van der Waals surface area (Å²) < 4.78 is 5.72. The summed E-state index contributed by atoms with van der Waals surface area (Å²) in [7, 11) is 0. The number of aromatic amines is 1.